The number of hydrogen-bond donors (Lipinski definition) is 0. The number of hydrogen-bond acceptors (Lipinski definition) is 6. The van der Waals surface area contributed by atoms with Gasteiger partial charge in [-0.2, -0.15) is 9.36 Å². The first-order valence-corrected chi connectivity index (χ1v) is 10.5. The van der Waals surface area contributed by atoms with Crippen molar-refractivity contribution in [3.8, 4) is 12.5 Å². The van der Waals surface area contributed by atoms with E-state index in [2.05, 4.69) is 59.4 Å². The highest BCUT2D eigenvalue weighted by atomic mass is 32.1. The van der Waals surface area contributed by atoms with E-state index in [0.717, 1.165) is 48.6 Å². The molecule has 0 bridgehead atoms. The molecule has 1 aromatic heterocycles. The Balaban J connectivity index is 2.20. The van der Waals surface area contributed by atoms with Crippen LogP contribution in [0, 0.1) is 18.4 Å². The molecule has 27 heavy (non-hydrogen) atoms. The molecule has 1 atom stereocenters. The topological polar surface area (TPSA) is 53.7 Å². The molecule has 0 aliphatic carbocycles. The van der Waals surface area contributed by atoms with Gasteiger partial charge in [-0.15, -0.1) is 10.2 Å². The SMILES string of the molecule is C#CN(CC)c1ccc(N=Nc2nc(C(C)C(CC)CC)ns2)c(CC)c1. The van der Waals surface area contributed by atoms with Crippen LogP contribution < -0.4 is 4.90 Å². The third-order valence-electron chi connectivity index (χ3n) is 5.07. The van der Waals surface area contributed by atoms with Gasteiger partial charge in [-0.3, -0.25) is 0 Å². The fourth-order valence-electron chi connectivity index (χ4n) is 3.22. The van der Waals surface area contributed by atoms with Crippen LogP contribution in [0.3, 0.4) is 0 Å². The van der Waals surface area contributed by atoms with Crippen LogP contribution in [0.15, 0.2) is 28.4 Å². The van der Waals surface area contributed by atoms with Crippen LogP contribution in [0.4, 0.5) is 16.5 Å². The fraction of sp³-hybridized carbons (Fsp3) is 0.524. The molecule has 0 aliphatic rings. The summed E-state index contributed by atoms with van der Waals surface area (Å²) >= 11 is 1.31. The molecule has 6 heteroatoms. The van der Waals surface area contributed by atoms with E-state index in [9.17, 15) is 0 Å². The summed E-state index contributed by atoms with van der Waals surface area (Å²) in [6, 6.07) is 8.72. The van der Waals surface area contributed by atoms with Gasteiger partial charge in [0.25, 0.3) is 0 Å². The summed E-state index contributed by atoms with van der Waals surface area (Å²) in [4.78, 5) is 6.45. The van der Waals surface area contributed by atoms with E-state index in [0.29, 0.717) is 17.0 Å². The number of aromatic nitrogens is 2. The van der Waals surface area contributed by atoms with Gasteiger partial charge in [0.15, 0.2) is 0 Å². The Labute approximate surface area is 167 Å². The predicted molar refractivity (Wildman–Crippen MR) is 114 cm³/mol. The highest BCUT2D eigenvalue weighted by molar-refractivity contribution is 7.09. The lowest BCUT2D eigenvalue weighted by molar-refractivity contribution is 0.408. The summed E-state index contributed by atoms with van der Waals surface area (Å²) < 4.78 is 4.50. The normalized spacial score (nSPS) is 12.5. The smallest absolute Gasteiger partial charge is 0.249 e. The second-order valence-electron chi connectivity index (χ2n) is 6.54. The lowest BCUT2D eigenvalue weighted by Gasteiger charge is -2.17. The summed E-state index contributed by atoms with van der Waals surface area (Å²) in [5.74, 6) is 1.82. The number of anilines is 1. The van der Waals surface area contributed by atoms with Crippen molar-refractivity contribution < 1.29 is 0 Å². The van der Waals surface area contributed by atoms with Crippen molar-refractivity contribution in [1.29, 1.82) is 0 Å². The molecule has 5 nitrogen and oxygen atoms in total. The molecule has 2 aromatic rings. The third-order valence-corrected chi connectivity index (χ3v) is 5.68. The summed E-state index contributed by atoms with van der Waals surface area (Å²) in [5.41, 5.74) is 2.97. The predicted octanol–water partition coefficient (Wildman–Crippen LogP) is 6.47. The minimum atomic E-state index is 0.342. The summed E-state index contributed by atoms with van der Waals surface area (Å²) in [6.45, 7) is 11.5. The Morgan fingerprint density at radius 3 is 2.52 bits per heavy atom. The van der Waals surface area contributed by atoms with E-state index < -0.39 is 0 Å². The van der Waals surface area contributed by atoms with Gasteiger partial charge in [0.05, 0.1) is 5.69 Å². The average molecular weight is 384 g/mol. The van der Waals surface area contributed by atoms with Crippen molar-refractivity contribution in [3.63, 3.8) is 0 Å². The van der Waals surface area contributed by atoms with Crippen molar-refractivity contribution in [2.24, 2.45) is 16.1 Å². The first-order chi connectivity index (χ1) is 13.1. The van der Waals surface area contributed by atoms with Crippen molar-refractivity contribution in [3.05, 3.63) is 29.6 Å². The summed E-state index contributed by atoms with van der Waals surface area (Å²) in [6.07, 6.45) is 8.69. The fourth-order valence-corrected chi connectivity index (χ4v) is 3.82. The van der Waals surface area contributed by atoms with E-state index >= 15 is 0 Å². The largest absolute Gasteiger partial charge is 0.302 e. The van der Waals surface area contributed by atoms with Crippen molar-refractivity contribution in [1.82, 2.24) is 9.36 Å². The van der Waals surface area contributed by atoms with Crippen LogP contribution in [-0.2, 0) is 6.42 Å². The minimum Gasteiger partial charge on any atom is -0.302 e. The van der Waals surface area contributed by atoms with Crippen LogP contribution >= 0.6 is 11.5 Å². The van der Waals surface area contributed by atoms with Gasteiger partial charge in [0, 0.05) is 35.7 Å². The third kappa shape index (κ3) is 5.14. The van der Waals surface area contributed by atoms with Crippen LogP contribution in [0.2, 0.25) is 0 Å². The molecule has 0 aliphatic heterocycles. The van der Waals surface area contributed by atoms with Gasteiger partial charge in [-0.1, -0.05) is 47.0 Å². The molecule has 1 unspecified atom stereocenters. The second kappa shape index (κ2) is 10.2. The molecule has 1 aromatic carbocycles. The quantitative estimate of drug-likeness (QED) is 0.283. The van der Waals surface area contributed by atoms with Crippen molar-refractivity contribution in [2.45, 2.75) is 59.8 Å². The first-order valence-electron chi connectivity index (χ1n) is 9.69. The number of nitrogens with zero attached hydrogens (tertiary/aromatic N) is 5. The number of aryl methyl sites for hydroxylation is 1. The highest BCUT2D eigenvalue weighted by Crippen LogP contribution is 2.31. The maximum Gasteiger partial charge on any atom is 0.249 e. The number of benzene rings is 1. The lowest BCUT2D eigenvalue weighted by Crippen LogP contribution is -2.15. The Morgan fingerprint density at radius 2 is 1.93 bits per heavy atom. The minimum absolute atomic E-state index is 0.342. The first kappa shape index (κ1) is 21.0. The van der Waals surface area contributed by atoms with E-state index in [1.807, 2.05) is 24.0 Å². The number of azo groups is 1. The van der Waals surface area contributed by atoms with Gasteiger partial charge in [0.2, 0.25) is 5.13 Å². The van der Waals surface area contributed by atoms with Gasteiger partial charge in [-0.25, -0.2) is 0 Å². The molecule has 0 saturated heterocycles. The molecule has 0 N–H and O–H groups in total. The Morgan fingerprint density at radius 1 is 1.19 bits per heavy atom. The molecule has 0 saturated carbocycles. The van der Waals surface area contributed by atoms with Crippen molar-refractivity contribution >= 4 is 28.0 Å². The van der Waals surface area contributed by atoms with E-state index in [4.69, 9.17) is 6.42 Å². The average Bonchev–Trinajstić information content (AvgIpc) is 3.17. The van der Waals surface area contributed by atoms with Gasteiger partial charge in [0.1, 0.15) is 5.82 Å². The molecule has 0 fully saturated rings. The molecule has 0 spiro atoms. The standard InChI is InChI=1S/C21H29N5S/c1-7-16(8-2)15(6)20-22-21(27-25-20)24-23-19-13-12-18(14-17(19)9-3)26(10-4)11-5/h4,12-16H,7-9,11H2,1-3,5-6H3. The zero-order valence-electron chi connectivity index (χ0n) is 16.9. The van der Waals surface area contributed by atoms with E-state index in [-0.39, 0.29) is 0 Å². The molecule has 1 heterocycles. The van der Waals surface area contributed by atoms with Crippen molar-refractivity contribution in [2.75, 3.05) is 11.4 Å². The molecule has 2 rings (SSSR count). The molecule has 144 valence electrons. The summed E-state index contributed by atoms with van der Waals surface area (Å²) in [5, 5.41) is 9.35. The highest BCUT2D eigenvalue weighted by Gasteiger charge is 2.20. The maximum atomic E-state index is 5.57. The van der Waals surface area contributed by atoms with Crippen LogP contribution in [0.25, 0.3) is 0 Å². The van der Waals surface area contributed by atoms with Crippen LogP contribution in [-0.4, -0.2) is 15.9 Å². The monoisotopic (exact) mass is 383 g/mol. The van der Waals surface area contributed by atoms with Gasteiger partial charge in [-0.05, 0) is 43.0 Å². The Hall–Kier alpha value is -2.26. The van der Waals surface area contributed by atoms with Crippen LogP contribution in [0.1, 0.15) is 64.8 Å². The molecule has 0 amide bonds. The van der Waals surface area contributed by atoms with Crippen LogP contribution in [0.5, 0.6) is 0 Å². The molecular formula is C21H29N5S. The Bertz CT molecular complexity index is 801. The zero-order valence-corrected chi connectivity index (χ0v) is 17.8. The second-order valence-corrected chi connectivity index (χ2v) is 7.27. The van der Waals surface area contributed by atoms with E-state index in [1.54, 1.807) is 0 Å². The summed E-state index contributed by atoms with van der Waals surface area (Å²) in [7, 11) is 0. The number of rotatable bonds is 9. The number of terminal acetylenes is 1. The lowest BCUT2D eigenvalue weighted by atomic mass is 9.89. The zero-order chi connectivity index (χ0) is 19.8. The Kier molecular flexibility index (Phi) is 7.93. The van der Waals surface area contributed by atoms with Gasteiger partial charge < -0.3 is 4.90 Å². The molecular weight excluding hydrogens is 354 g/mol. The maximum absolute atomic E-state index is 5.57. The molecule has 0 radical (unpaired) electrons. The van der Waals surface area contributed by atoms with E-state index in [1.165, 1.54) is 11.5 Å². The van der Waals surface area contributed by atoms with Gasteiger partial charge >= 0.3 is 0 Å².